The van der Waals surface area contributed by atoms with Crippen molar-refractivity contribution in [3.63, 3.8) is 0 Å². The lowest BCUT2D eigenvalue weighted by atomic mass is 9.67. The lowest BCUT2D eigenvalue weighted by Crippen LogP contribution is -2.44. The fourth-order valence-electron chi connectivity index (χ4n) is 4.36. The first kappa shape index (κ1) is 23.2. The van der Waals surface area contributed by atoms with Gasteiger partial charge in [0, 0.05) is 13.2 Å². The second kappa shape index (κ2) is 10.6. The van der Waals surface area contributed by atoms with Crippen LogP contribution in [0.15, 0.2) is 24.3 Å². The third-order valence-electron chi connectivity index (χ3n) is 6.29. The highest BCUT2D eigenvalue weighted by molar-refractivity contribution is 5.27. The van der Waals surface area contributed by atoms with Crippen LogP contribution in [0.25, 0.3) is 0 Å². The number of rotatable bonds is 11. The summed E-state index contributed by atoms with van der Waals surface area (Å²) >= 11 is 0. The lowest BCUT2D eigenvalue weighted by Gasteiger charge is -2.47. The van der Waals surface area contributed by atoms with Crippen molar-refractivity contribution in [1.29, 1.82) is 0 Å². The number of hydrogen-bond acceptors (Lipinski definition) is 3. The molecule has 3 nitrogen and oxygen atoms in total. The van der Waals surface area contributed by atoms with Gasteiger partial charge in [-0.15, -0.1) is 0 Å². The first-order valence-corrected chi connectivity index (χ1v) is 11.4. The number of nitrogens with one attached hydrogen (secondary N) is 1. The second-order valence-corrected chi connectivity index (χ2v) is 9.75. The van der Waals surface area contributed by atoms with Crippen molar-refractivity contribution < 1.29 is 9.47 Å². The summed E-state index contributed by atoms with van der Waals surface area (Å²) in [5.41, 5.74) is 1.80. The molecule has 0 aromatic heterocycles. The summed E-state index contributed by atoms with van der Waals surface area (Å²) in [6.07, 6.45) is 7.62. The van der Waals surface area contributed by atoms with Crippen LogP contribution in [0.4, 0.5) is 0 Å². The molecule has 0 aliphatic carbocycles. The number of benzene rings is 1. The minimum Gasteiger partial charge on any atom is -0.491 e. The number of hydrogen-bond donors (Lipinski definition) is 1. The number of ether oxygens (including phenoxy) is 2. The Balaban J connectivity index is 1.87. The maximum atomic E-state index is 6.16. The molecule has 1 N–H and O–H groups in total. The second-order valence-electron chi connectivity index (χ2n) is 9.75. The van der Waals surface area contributed by atoms with Crippen LogP contribution in [0.2, 0.25) is 0 Å². The first-order chi connectivity index (χ1) is 13.3. The smallest absolute Gasteiger partial charge is 0.119 e. The maximum absolute atomic E-state index is 6.16. The average molecular weight is 390 g/mol. The monoisotopic (exact) mass is 389 g/mol. The Kier molecular flexibility index (Phi) is 8.82. The summed E-state index contributed by atoms with van der Waals surface area (Å²) in [6.45, 7) is 16.3. The van der Waals surface area contributed by atoms with Gasteiger partial charge in [-0.05, 0) is 88.4 Å². The molecule has 1 aromatic carbocycles. The van der Waals surface area contributed by atoms with E-state index in [9.17, 15) is 0 Å². The third-order valence-corrected chi connectivity index (χ3v) is 6.29. The van der Waals surface area contributed by atoms with E-state index in [4.69, 9.17) is 9.47 Å². The van der Waals surface area contributed by atoms with E-state index >= 15 is 0 Å². The molecule has 1 heterocycles. The van der Waals surface area contributed by atoms with Gasteiger partial charge in [0.1, 0.15) is 5.75 Å². The van der Waals surface area contributed by atoms with E-state index in [-0.39, 0.29) is 11.7 Å². The molecule has 0 radical (unpaired) electrons. The summed E-state index contributed by atoms with van der Waals surface area (Å²) in [5, 5.41) is 3.69. The Morgan fingerprint density at radius 1 is 1.11 bits per heavy atom. The van der Waals surface area contributed by atoms with Crippen LogP contribution in [-0.4, -0.2) is 24.9 Å². The van der Waals surface area contributed by atoms with Crippen LogP contribution in [0.1, 0.15) is 85.6 Å². The van der Waals surface area contributed by atoms with Gasteiger partial charge < -0.3 is 14.8 Å². The highest BCUT2D eigenvalue weighted by Crippen LogP contribution is 2.46. The van der Waals surface area contributed by atoms with Crippen LogP contribution in [0, 0.1) is 11.3 Å². The molecule has 3 heteroatoms. The first-order valence-electron chi connectivity index (χ1n) is 11.4. The van der Waals surface area contributed by atoms with Crippen molar-refractivity contribution in [3.8, 4) is 5.75 Å². The van der Waals surface area contributed by atoms with Gasteiger partial charge in [0.2, 0.25) is 0 Å². The Morgan fingerprint density at radius 3 is 2.43 bits per heavy atom. The molecule has 0 spiro atoms. The molecule has 1 fully saturated rings. The van der Waals surface area contributed by atoms with Gasteiger partial charge in [-0.2, -0.15) is 0 Å². The molecule has 28 heavy (non-hydrogen) atoms. The van der Waals surface area contributed by atoms with Gasteiger partial charge >= 0.3 is 0 Å². The SMILES string of the molecule is CC[C@]1(C)C[C@@](CCNCc2ccc(OC(C)C)cc2)(CCC(C)C)CCO1. The highest BCUT2D eigenvalue weighted by Gasteiger charge is 2.41. The summed E-state index contributed by atoms with van der Waals surface area (Å²) in [5.74, 6) is 1.72. The zero-order chi connectivity index (χ0) is 20.6. The molecule has 0 saturated carbocycles. The topological polar surface area (TPSA) is 30.5 Å². The van der Waals surface area contributed by atoms with E-state index in [0.29, 0.717) is 5.41 Å². The molecule has 1 saturated heterocycles. The Labute approximate surface area is 173 Å². The molecule has 2 atom stereocenters. The van der Waals surface area contributed by atoms with Gasteiger partial charge in [-0.25, -0.2) is 0 Å². The van der Waals surface area contributed by atoms with Crippen molar-refractivity contribution >= 4 is 0 Å². The van der Waals surface area contributed by atoms with Crippen molar-refractivity contribution in [2.24, 2.45) is 11.3 Å². The van der Waals surface area contributed by atoms with Crippen LogP contribution < -0.4 is 10.1 Å². The fourth-order valence-corrected chi connectivity index (χ4v) is 4.36. The highest BCUT2D eigenvalue weighted by atomic mass is 16.5. The molecule has 1 aliphatic rings. The Morgan fingerprint density at radius 2 is 1.82 bits per heavy atom. The summed E-state index contributed by atoms with van der Waals surface area (Å²) in [7, 11) is 0. The normalized spacial score (nSPS) is 25.4. The molecular formula is C25H43NO2. The van der Waals surface area contributed by atoms with E-state index < -0.39 is 0 Å². The Hall–Kier alpha value is -1.06. The van der Waals surface area contributed by atoms with Crippen molar-refractivity contribution in [2.75, 3.05) is 13.2 Å². The predicted octanol–water partition coefficient (Wildman–Crippen LogP) is 6.36. The van der Waals surface area contributed by atoms with Crippen LogP contribution in [0.3, 0.4) is 0 Å². The molecule has 160 valence electrons. The average Bonchev–Trinajstić information content (AvgIpc) is 2.65. The summed E-state index contributed by atoms with van der Waals surface area (Å²) < 4.78 is 11.9. The lowest BCUT2D eigenvalue weighted by molar-refractivity contribution is -0.122. The molecule has 1 aliphatic heterocycles. The molecule has 0 unspecified atom stereocenters. The maximum Gasteiger partial charge on any atom is 0.119 e. The van der Waals surface area contributed by atoms with Gasteiger partial charge in [0.25, 0.3) is 0 Å². The van der Waals surface area contributed by atoms with Gasteiger partial charge in [0.05, 0.1) is 11.7 Å². The summed E-state index contributed by atoms with van der Waals surface area (Å²) in [6, 6.07) is 8.49. The van der Waals surface area contributed by atoms with Crippen LogP contribution in [-0.2, 0) is 11.3 Å². The van der Waals surface area contributed by atoms with E-state index in [1.54, 1.807) is 0 Å². The fraction of sp³-hybridized carbons (Fsp3) is 0.760. The van der Waals surface area contributed by atoms with Crippen LogP contribution in [0.5, 0.6) is 5.75 Å². The minimum atomic E-state index is 0.0570. The summed E-state index contributed by atoms with van der Waals surface area (Å²) in [4.78, 5) is 0. The third kappa shape index (κ3) is 7.40. The largest absolute Gasteiger partial charge is 0.491 e. The zero-order valence-corrected chi connectivity index (χ0v) is 19.1. The van der Waals surface area contributed by atoms with Gasteiger partial charge in [-0.3, -0.25) is 0 Å². The van der Waals surface area contributed by atoms with Gasteiger partial charge in [0.15, 0.2) is 0 Å². The van der Waals surface area contributed by atoms with Crippen molar-refractivity contribution in [2.45, 2.75) is 98.3 Å². The molecule has 0 amide bonds. The van der Waals surface area contributed by atoms with E-state index in [2.05, 4.69) is 71.1 Å². The van der Waals surface area contributed by atoms with E-state index in [1.807, 2.05) is 0 Å². The molecule has 1 aromatic rings. The minimum absolute atomic E-state index is 0.0570. The molecule has 2 rings (SSSR count). The Bertz CT molecular complexity index is 568. The predicted molar refractivity (Wildman–Crippen MR) is 119 cm³/mol. The molecule has 0 bridgehead atoms. The molecular weight excluding hydrogens is 346 g/mol. The van der Waals surface area contributed by atoms with Crippen molar-refractivity contribution in [1.82, 2.24) is 5.32 Å². The van der Waals surface area contributed by atoms with E-state index in [0.717, 1.165) is 37.8 Å². The van der Waals surface area contributed by atoms with Crippen LogP contribution >= 0.6 is 0 Å². The van der Waals surface area contributed by atoms with Crippen molar-refractivity contribution in [3.05, 3.63) is 29.8 Å². The zero-order valence-electron chi connectivity index (χ0n) is 19.1. The van der Waals surface area contributed by atoms with Gasteiger partial charge in [-0.1, -0.05) is 39.3 Å². The van der Waals surface area contributed by atoms with E-state index in [1.165, 1.54) is 37.7 Å². The quantitative estimate of drug-likeness (QED) is 0.447. The standard InChI is InChI=1S/C25H43NO2/c1-7-24(6)19-25(15-17-27-24,13-12-20(2)3)14-16-26-18-22-8-10-23(11-9-22)28-21(4)5/h8-11,20-21,26H,7,12-19H2,1-6H3/t24-,25-/m1/s1.